The molecule has 1 aliphatic heterocycles. The van der Waals surface area contributed by atoms with Crippen molar-refractivity contribution in [3.05, 3.63) is 202 Å². The van der Waals surface area contributed by atoms with Crippen LogP contribution in [0.2, 0.25) is 0 Å². The van der Waals surface area contributed by atoms with Crippen LogP contribution in [0.5, 0.6) is 0 Å². The number of aryl methyl sites for hydroxylation is 4. The molecule has 0 aromatic heterocycles. The summed E-state index contributed by atoms with van der Waals surface area (Å²) in [6.45, 7) is 7.81. The van der Waals surface area contributed by atoms with Crippen LogP contribution >= 0.6 is 0 Å². The highest BCUT2D eigenvalue weighted by Crippen LogP contribution is 2.55. The van der Waals surface area contributed by atoms with Gasteiger partial charge in [-0.3, -0.25) is 20.1 Å². The van der Waals surface area contributed by atoms with Crippen molar-refractivity contribution < 1.29 is 29.9 Å². The Hall–Kier alpha value is -5.90. The minimum absolute atomic E-state index is 0.379. The predicted molar refractivity (Wildman–Crippen MR) is 213 cm³/mol. The van der Waals surface area contributed by atoms with Crippen LogP contribution in [-0.4, -0.2) is 22.3 Å². The van der Waals surface area contributed by atoms with Crippen molar-refractivity contribution in [1.82, 2.24) is 0 Å². The summed E-state index contributed by atoms with van der Waals surface area (Å²) in [5.74, 6) is -1.18. The van der Waals surface area contributed by atoms with Gasteiger partial charge in [0.05, 0.1) is 11.4 Å². The molecule has 6 aromatic carbocycles. The van der Waals surface area contributed by atoms with Gasteiger partial charge in [-0.1, -0.05) is 156 Å². The van der Waals surface area contributed by atoms with Crippen LogP contribution in [0.15, 0.2) is 158 Å². The van der Waals surface area contributed by atoms with Crippen LogP contribution in [0.3, 0.4) is 0 Å². The van der Waals surface area contributed by atoms with Gasteiger partial charge < -0.3 is 0 Å². The Kier molecular flexibility index (Phi) is 10.3. The molecule has 2 N–H and O–H groups in total. The van der Waals surface area contributed by atoms with E-state index in [9.17, 15) is 10.5 Å². The van der Waals surface area contributed by atoms with E-state index in [0.29, 0.717) is 33.6 Å². The van der Waals surface area contributed by atoms with Gasteiger partial charge in [0.25, 0.3) is 11.8 Å². The summed E-state index contributed by atoms with van der Waals surface area (Å²) in [6, 6.07) is 47.8. The number of nitrogens with zero attached hydrogens (tertiary/aromatic N) is 2. The zero-order valence-corrected chi connectivity index (χ0v) is 31.3. The molecule has 0 aliphatic carbocycles. The molecule has 1 heterocycles. The molecule has 1 fully saturated rings. The molecular weight excluding hydrogens is 689 g/mol. The molecule has 55 heavy (non-hydrogen) atoms. The van der Waals surface area contributed by atoms with E-state index < -0.39 is 28.4 Å². The van der Waals surface area contributed by atoms with E-state index in [1.54, 1.807) is 48.5 Å². The van der Waals surface area contributed by atoms with Crippen LogP contribution < -0.4 is 10.0 Å². The van der Waals surface area contributed by atoms with Crippen molar-refractivity contribution in [3.8, 4) is 0 Å². The summed E-state index contributed by atoms with van der Waals surface area (Å²) < 4.78 is 0. The molecule has 1 saturated heterocycles. The van der Waals surface area contributed by atoms with Gasteiger partial charge in [0.2, 0.25) is 0 Å². The largest absolute Gasteiger partial charge is 0.271 e. The van der Waals surface area contributed by atoms with Crippen LogP contribution in [-0.2, 0) is 30.6 Å². The number of amides is 2. The second-order valence-corrected chi connectivity index (χ2v) is 14.6. The van der Waals surface area contributed by atoms with Crippen molar-refractivity contribution in [2.75, 3.05) is 10.0 Å². The van der Waals surface area contributed by atoms with E-state index in [2.05, 4.69) is 0 Å². The molecule has 278 valence electrons. The van der Waals surface area contributed by atoms with E-state index >= 15 is 9.59 Å². The summed E-state index contributed by atoms with van der Waals surface area (Å²) in [7, 11) is 0. The van der Waals surface area contributed by atoms with E-state index in [1.807, 2.05) is 137 Å². The van der Waals surface area contributed by atoms with Gasteiger partial charge in [0.1, 0.15) is 5.41 Å². The van der Waals surface area contributed by atoms with Gasteiger partial charge >= 0.3 is 0 Å². The fraction of sp³-hybridized carbons (Fsp3) is 0.191. The second-order valence-electron chi connectivity index (χ2n) is 14.6. The highest BCUT2D eigenvalue weighted by Gasteiger charge is 2.66. The number of hydrogen-bond acceptors (Lipinski definition) is 6. The second kappa shape index (κ2) is 15.1. The molecular formula is C47H44N2O6. The Bertz CT molecular complexity index is 2000. The number of carbonyl (C=O) groups excluding carboxylic acids is 2. The molecule has 0 unspecified atom stereocenters. The molecule has 8 nitrogen and oxygen atoms in total. The highest BCUT2D eigenvalue weighted by molar-refractivity contribution is 6.26. The Morgan fingerprint density at radius 3 is 0.927 bits per heavy atom. The first kappa shape index (κ1) is 37.4. The number of hydrogen-bond donors (Lipinski definition) is 2. The zero-order chi connectivity index (χ0) is 38.8. The fourth-order valence-electron chi connectivity index (χ4n) is 7.81. The Balaban J connectivity index is 1.56. The number of para-hydroxylation sites is 2. The topological polar surface area (TPSA) is 99.5 Å². The van der Waals surface area contributed by atoms with Crippen LogP contribution in [0.1, 0.15) is 57.3 Å². The van der Waals surface area contributed by atoms with Crippen molar-refractivity contribution >= 4 is 23.2 Å². The Morgan fingerprint density at radius 2 is 0.691 bits per heavy atom. The smallest absolute Gasteiger partial charge is 0.262 e. The minimum atomic E-state index is -2.07. The third-order valence-corrected chi connectivity index (χ3v) is 10.9. The average Bonchev–Trinajstić information content (AvgIpc) is 3.42. The van der Waals surface area contributed by atoms with Crippen molar-refractivity contribution in [2.45, 2.75) is 51.7 Å². The van der Waals surface area contributed by atoms with Crippen LogP contribution in [0, 0.1) is 33.1 Å². The molecule has 2 amide bonds. The first-order valence-electron chi connectivity index (χ1n) is 18.3. The fourth-order valence-corrected chi connectivity index (χ4v) is 7.81. The van der Waals surface area contributed by atoms with Gasteiger partial charge in [-0.15, -0.1) is 0 Å². The van der Waals surface area contributed by atoms with Gasteiger partial charge in [-0.05, 0) is 74.2 Å². The monoisotopic (exact) mass is 732 g/mol. The van der Waals surface area contributed by atoms with Gasteiger partial charge in [-0.25, -0.2) is 19.8 Å². The normalized spacial score (nSPS) is 14.4. The summed E-state index contributed by atoms with van der Waals surface area (Å²) >= 11 is 0. The molecule has 0 saturated carbocycles. The number of rotatable bonds is 12. The standard InChI is InChI=1S/C47H44N2O6/c1-33-15-23-37(24-16-33)46(54-52,38-25-17-34(2)18-26-38)31-45(32-47(55-53,39-27-19-35(3)20-28-39)40-29-21-36(4)22-30-40)43(50)48(41-11-7-5-8-12-41)49(44(45)51)42-13-9-6-10-14-42/h5-30,52-53H,31-32H2,1-4H3. The summed E-state index contributed by atoms with van der Waals surface area (Å²) in [4.78, 5) is 43.3. The lowest BCUT2D eigenvalue weighted by atomic mass is 9.64. The molecule has 0 radical (unpaired) electrons. The molecule has 8 heteroatoms. The zero-order valence-electron chi connectivity index (χ0n) is 31.3. The molecule has 1 aliphatic rings. The quantitative estimate of drug-likeness (QED) is 0.0739. The molecule has 0 atom stereocenters. The molecule has 6 aromatic rings. The Labute approximate surface area is 321 Å². The maximum absolute atomic E-state index is 15.9. The van der Waals surface area contributed by atoms with Crippen LogP contribution in [0.4, 0.5) is 11.4 Å². The lowest BCUT2D eigenvalue weighted by Crippen LogP contribution is -2.50. The third kappa shape index (κ3) is 6.64. The lowest BCUT2D eigenvalue weighted by molar-refractivity contribution is -0.331. The first-order chi connectivity index (χ1) is 26.6. The van der Waals surface area contributed by atoms with Gasteiger partial charge in [0, 0.05) is 12.8 Å². The molecule has 7 rings (SSSR count). The highest BCUT2D eigenvalue weighted by atomic mass is 17.1. The Morgan fingerprint density at radius 1 is 0.436 bits per heavy atom. The third-order valence-electron chi connectivity index (χ3n) is 10.9. The molecule has 0 bridgehead atoms. The number of carbonyl (C=O) groups is 2. The molecule has 0 spiro atoms. The minimum Gasteiger partial charge on any atom is -0.271 e. The lowest BCUT2D eigenvalue weighted by Gasteiger charge is -2.42. The van der Waals surface area contributed by atoms with Crippen molar-refractivity contribution in [2.24, 2.45) is 5.41 Å². The maximum atomic E-state index is 15.9. The van der Waals surface area contributed by atoms with E-state index in [-0.39, 0.29) is 12.8 Å². The summed E-state index contributed by atoms with van der Waals surface area (Å²) in [6.07, 6.45) is -0.758. The van der Waals surface area contributed by atoms with Crippen molar-refractivity contribution in [1.29, 1.82) is 0 Å². The first-order valence-corrected chi connectivity index (χ1v) is 18.3. The number of benzene rings is 6. The van der Waals surface area contributed by atoms with Gasteiger partial charge in [0.15, 0.2) is 11.2 Å². The van der Waals surface area contributed by atoms with Gasteiger partial charge in [-0.2, -0.15) is 0 Å². The summed E-state index contributed by atoms with van der Waals surface area (Å²) in [5.41, 5.74) is 1.30. The number of anilines is 2. The SMILES string of the molecule is Cc1ccc(C(CC2(CC(OO)(c3ccc(C)cc3)c3ccc(C)cc3)C(=O)N(c3ccccc3)N(c3ccccc3)C2=O)(OO)c2ccc(C)cc2)cc1. The predicted octanol–water partition coefficient (Wildman–Crippen LogP) is 9.85. The van der Waals surface area contributed by atoms with E-state index in [4.69, 9.17) is 9.78 Å². The van der Waals surface area contributed by atoms with Crippen LogP contribution in [0.25, 0.3) is 0 Å². The van der Waals surface area contributed by atoms with E-state index in [0.717, 1.165) is 22.3 Å². The summed E-state index contributed by atoms with van der Waals surface area (Å²) in [5, 5.41) is 25.5. The maximum Gasteiger partial charge on any atom is 0.262 e. The van der Waals surface area contributed by atoms with E-state index in [1.165, 1.54) is 10.0 Å². The average molecular weight is 733 g/mol. The van der Waals surface area contributed by atoms with Crippen molar-refractivity contribution in [3.63, 3.8) is 0 Å². The number of hydrazine groups is 1.